The highest BCUT2D eigenvalue weighted by Crippen LogP contribution is 2.17. The maximum Gasteiger partial charge on any atom is 0.135 e. The summed E-state index contributed by atoms with van der Waals surface area (Å²) in [6, 6.07) is 9.30. The van der Waals surface area contributed by atoms with Crippen LogP contribution in [-0.2, 0) is 6.42 Å². The molecule has 3 nitrogen and oxygen atoms in total. The van der Waals surface area contributed by atoms with Crippen molar-refractivity contribution in [2.75, 3.05) is 5.73 Å². The van der Waals surface area contributed by atoms with Crippen LogP contribution in [0, 0.1) is 0 Å². The number of aromatic nitrogens is 2. The fourth-order valence-electron chi connectivity index (χ4n) is 1.31. The molecule has 1 heterocycles. The number of hydrogen-bond acceptors (Lipinski definition) is 3. The Morgan fingerprint density at radius 3 is 2.73 bits per heavy atom. The predicted octanol–water partition coefficient (Wildman–Crippen LogP) is 2.30. The van der Waals surface area contributed by atoms with Crippen molar-refractivity contribution in [3.05, 3.63) is 52.9 Å². The lowest BCUT2D eigenvalue weighted by Gasteiger charge is -2.02. The third-order valence-electron chi connectivity index (χ3n) is 2.03. The van der Waals surface area contributed by atoms with Gasteiger partial charge in [0, 0.05) is 17.6 Å². The Bertz CT molecular complexity index is 471. The van der Waals surface area contributed by atoms with E-state index in [9.17, 15) is 0 Å². The van der Waals surface area contributed by atoms with Crippen LogP contribution in [0.5, 0.6) is 0 Å². The van der Waals surface area contributed by atoms with Crippen LogP contribution in [0.2, 0.25) is 5.02 Å². The van der Waals surface area contributed by atoms with Crippen molar-refractivity contribution in [1.29, 1.82) is 0 Å². The summed E-state index contributed by atoms with van der Waals surface area (Å²) in [7, 11) is 0. The van der Waals surface area contributed by atoms with Crippen LogP contribution in [0.3, 0.4) is 0 Å². The van der Waals surface area contributed by atoms with Crippen molar-refractivity contribution in [2.24, 2.45) is 0 Å². The molecule has 0 aliphatic carbocycles. The fourth-order valence-corrected chi connectivity index (χ4v) is 1.51. The van der Waals surface area contributed by atoms with Crippen molar-refractivity contribution < 1.29 is 0 Å². The van der Waals surface area contributed by atoms with E-state index in [4.69, 9.17) is 17.3 Å². The van der Waals surface area contributed by atoms with Gasteiger partial charge in [0.1, 0.15) is 11.6 Å². The Morgan fingerprint density at radius 2 is 2.00 bits per heavy atom. The van der Waals surface area contributed by atoms with Gasteiger partial charge in [-0.3, -0.25) is 0 Å². The number of halogens is 1. The Morgan fingerprint density at radius 1 is 1.20 bits per heavy atom. The standard InChI is InChI=1S/C11H10ClN3/c12-9-4-2-1-3-8(9)7-11-14-6-5-10(13)15-11/h1-6H,7H2,(H2,13,14,15). The topological polar surface area (TPSA) is 51.8 Å². The molecule has 76 valence electrons. The van der Waals surface area contributed by atoms with E-state index in [1.165, 1.54) is 0 Å². The van der Waals surface area contributed by atoms with Gasteiger partial charge in [0.25, 0.3) is 0 Å². The molecule has 0 bridgehead atoms. The zero-order chi connectivity index (χ0) is 10.7. The van der Waals surface area contributed by atoms with Crippen molar-refractivity contribution in [3.63, 3.8) is 0 Å². The van der Waals surface area contributed by atoms with Gasteiger partial charge in [0.05, 0.1) is 0 Å². The van der Waals surface area contributed by atoms with Crippen LogP contribution < -0.4 is 5.73 Å². The third kappa shape index (κ3) is 2.44. The third-order valence-corrected chi connectivity index (χ3v) is 2.40. The summed E-state index contributed by atoms with van der Waals surface area (Å²) in [4.78, 5) is 8.24. The molecular formula is C11H10ClN3. The first-order valence-electron chi connectivity index (χ1n) is 4.56. The zero-order valence-corrected chi connectivity index (χ0v) is 8.78. The summed E-state index contributed by atoms with van der Waals surface area (Å²) in [6.07, 6.45) is 2.25. The smallest absolute Gasteiger partial charge is 0.135 e. The molecule has 0 aliphatic heterocycles. The molecule has 15 heavy (non-hydrogen) atoms. The van der Waals surface area contributed by atoms with Crippen molar-refractivity contribution >= 4 is 17.4 Å². The van der Waals surface area contributed by atoms with Crippen LogP contribution >= 0.6 is 11.6 Å². The molecule has 1 aromatic carbocycles. The first-order chi connectivity index (χ1) is 7.25. The number of anilines is 1. The molecule has 0 amide bonds. The van der Waals surface area contributed by atoms with Crippen LogP contribution in [0.1, 0.15) is 11.4 Å². The van der Waals surface area contributed by atoms with Gasteiger partial charge in [-0.15, -0.1) is 0 Å². The predicted molar refractivity (Wildman–Crippen MR) is 60.7 cm³/mol. The quantitative estimate of drug-likeness (QED) is 0.843. The van der Waals surface area contributed by atoms with E-state index in [-0.39, 0.29) is 0 Å². The van der Waals surface area contributed by atoms with Crippen LogP contribution in [0.4, 0.5) is 5.82 Å². The molecule has 4 heteroatoms. The molecule has 0 unspecified atom stereocenters. The van der Waals surface area contributed by atoms with E-state index >= 15 is 0 Å². The lowest BCUT2D eigenvalue weighted by molar-refractivity contribution is 0.974. The molecule has 2 aromatic rings. The summed E-state index contributed by atoms with van der Waals surface area (Å²) < 4.78 is 0. The highest BCUT2D eigenvalue weighted by molar-refractivity contribution is 6.31. The number of nitrogen functional groups attached to an aromatic ring is 1. The van der Waals surface area contributed by atoms with Gasteiger partial charge < -0.3 is 5.73 Å². The molecule has 0 aliphatic rings. The molecule has 0 atom stereocenters. The largest absolute Gasteiger partial charge is 0.384 e. The maximum absolute atomic E-state index is 6.03. The summed E-state index contributed by atoms with van der Waals surface area (Å²) in [6.45, 7) is 0. The molecule has 2 rings (SSSR count). The van der Waals surface area contributed by atoms with E-state index in [0.29, 0.717) is 18.1 Å². The van der Waals surface area contributed by atoms with Crippen LogP contribution in [-0.4, -0.2) is 9.97 Å². The average Bonchev–Trinajstić information content (AvgIpc) is 2.22. The summed E-state index contributed by atoms with van der Waals surface area (Å²) >= 11 is 6.03. The lowest BCUT2D eigenvalue weighted by Crippen LogP contribution is -1.99. The van der Waals surface area contributed by atoms with Gasteiger partial charge in [-0.05, 0) is 17.7 Å². The highest BCUT2D eigenvalue weighted by Gasteiger charge is 2.02. The highest BCUT2D eigenvalue weighted by atomic mass is 35.5. The van der Waals surface area contributed by atoms with Gasteiger partial charge in [-0.2, -0.15) is 0 Å². The fraction of sp³-hybridized carbons (Fsp3) is 0.0909. The summed E-state index contributed by atoms with van der Waals surface area (Å²) in [5.74, 6) is 1.16. The van der Waals surface area contributed by atoms with Gasteiger partial charge in [-0.25, -0.2) is 9.97 Å². The van der Waals surface area contributed by atoms with Crippen LogP contribution in [0.25, 0.3) is 0 Å². The number of benzene rings is 1. The number of nitrogens with zero attached hydrogens (tertiary/aromatic N) is 2. The minimum absolute atomic E-state index is 0.479. The summed E-state index contributed by atoms with van der Waals surface area (Å²) in [5.41, 5.74) is 6.57. The lowest BCUT2D eigenvalue weighted by atomic mass is 10.1. The first-order valence-corrected chi connectivity index (χ1v) is 4.94. The molecule has 0 saturated carbocycles. The molecule has 0 saturated heterocycles. The Labute approximate surface area is 92.9 Å². The van der Waals surface area contributed by atoms with Gasteiger partial charge in [-0.1, -0.05) is 29.8 Å². The number of hydrogen-bond donors (Lipinski definition) is 1. The molecule has 0 fully saturated rings. The second-order valence-electron chi connectivity index (χ2n) is 3.17. The first kappa shape index (κ1) is 9.93. The van der Waals surface area contributed by atoms with Crippen LogP contribution in [0.15, 0.2) is 36.5 Å². The summed E-state index contributed by atoms with van der Waals surface area (Å²) in [5, 5.41) is 0.725. The van der Waals surface area contributed by atoms with E-state index in [1.54, 1.807) is 12.3 Å². The van der Waals surface area contributed by atoms with Crippen molar-refractivity contribution in [2.45, 2.75) is 6.42 Å². The average molecular weight is 220 g/mol. The van der Waals surface area contributed by atoms with E-state index in [0.717, 1.165) is 10.6 Å². The minimum Gasteiger partial charge on any atom is -0.384 e. The maximum atomic E-state index is 6.03. The SMILES string of the molecule is Nc1ccnc(Cc2ccccc2Cl)n1. The number of rotatable bonds is 2. The van der Waals surface area contributed by atoms with Gasteiger partial charge >= 0.3 is 0 Å². The van der Waals surface area contributed by atoms with E-state index in [1.807, 2.05) is 24.3 Å². The Hall–Kier alpha value is -1.61. The number of nitrogens with two attached hydrogens (primary N) is 1. The van der Waals surface area contributed by atoms with Crippen molar-refractivity contribution in [1.82, 2.24) is 9.97 Å². The second kappa shape index (κ2) is 4.28. The minimum atomic E-state index is 0.479. The van der Waals surface area contributed by atoms with E-state index in [2.05, 4.69) is 9.97 Å². The Kier molecular flexibility index (Phi) is 2.83. The second-order valence-corrected chi connectivity index (χ2v) is 3.57. The van der Waals surface area contributed by atoms with Gasteiger partial charge in [0.2, 0.25) is 0 Å². The van der Waals surface area contributed by atoms with E-state index < -0.39 is 0 Å². The monoisotopic (exact) mass is 219 g/mol. The Balaban J connectivity index is 2.26. The zero-order valence-electron chi connectivity index (χ0n) is 8.02. The molecular weight excluding hydrogens is 210 g/mol. The van der Waals surface area contributed by atoms with Crippen molar-refractivity contribution in [3.8, 4) is 0 Å². The molecule has 2 N–H and O–H groups in total. The molecule has 0 spiro atoms. The molecule has 0 radical (unpaired) electrons. The normalized spacial score (nSPS) is 10.2. The van der Waals surface area contributed by atoms with Gasteiger partial charge in [0.15, 0.2) is 0 Å². The molecule has 1 aromatic heterocycles.